The highest BCUT2D eigenvalue weighted by atomic mass is 35.5. The number of aromatic nitrogens is 2. The molecule has 41 heavy (non-hydrogen) atoms. The Morgan fingerprint density at radius 2 is 1.66 bits per heavy atom. The summed E-state index contributed by atoms with van der Waals surface area (Å²) in [6.45, 7) is 8.80. The van der Waals surface area contributed by atoms with Gasteiger partial charge in [0.25, 0.3) is 0 Å². The maximum atomic E-state index is 13.4. The number of rotatable bonds is 8. The molecule has 1 saturated heterocycles. The van der Waals surface area contributed by atoms with Crippen molar-refractivity contribution in [3.05, 3.63) is 106 Å². The fraction of sp³-hybridized carbons (Fsp3) is 0.290. The van der Waals surface area contributed by atoms with Crippen LogP contribution in [-0.4, -0.2) is 60.4 Å². The first-order valence-corrected chi connectivity index (χ1v) is 15.5. The van der Waals surface area contributed by atoms with Gasteiger partial charge in [-0.25, -0.2) is 22.2 Å². The molecule has 0 spiro atoms. The van der Waals surface area contributed by atoms with Crippen LogP contribution in [0.5, 0.6) is 0 Å². The highest BCUT2D eigenvalue weighted by Gasteiger charge is 2.21. The predicted octanol–water partition coefficient (Wildman–Crippen LogP) is 5.17. The molecule has 216 valence electrons. The van der Waals surface area contributed by atoms with Crippen molar-refractivity contribution < 1.29 is 18.3 Å². The minimum absolute atomic E-state index is 0.168. The minimum atomic E-state index is -3.79. The molecule has 5 rings (SSSR count). The van der Waals surface area contributed by atoms with Crippen molar-refractivity contribution in [1.82, 2.24) is 19.6 Å². The Hall–Kier alpha value is -3.50. The highest BCUT2D eigenvalue weighted by molar-refractivity contribution is 7.90. The SMILES string of the molecule is C1CNCCN1.CC(C)c1ccc(C=CCS(=O)(=O)n2c(Cc3ccc(C(=O)O)cc3)cc3cc(Cl)cnc32)cc1. The van der Waals surface area contributed by atoms with Gasteiger partial charge in [0.1, 0.15) is 0 Å². The second-order valence-corrected chi connectivity index (χ2v) is 12.4. The number of carboxylic acids is 1. The van der Waals surface area contributed by atoms with Gasteiger partial charge >= 0.3 is 5.97 Å². The van der Waals surface area contributed by atoms with Crippen LogP contribution in [0.2, 0.25) is 5.02 Å². The number of nitrogens with zero attached hydrogens (tertiary/aromatic N) is 2. The number of carboxylic acid groups (broad SMARTS) is 1. The third kappa shape index (κ3) is 8.27. The number of fused-ring (bicyclic) bond motifs is 1. The van der Waals surface area contributed by atoms with E-state index in [0.717, 1.165) is 37.3 Å². The molecule has 1 fully saturated rings. The van der Waals surface area contributed by atoms with Gasteiger partial charge in [-0.05, 0) is 46.9 Å². The summed E-state index contributed by atoms with van der Waals surface area (Å²) in [5.41, 5.74) is 3.92. The number of benzene rings is 2. The summed E-state index contributed by atoms with van der Waals surface area (Å²) in [6.07, 6.45) is 5.13. The molecule has 3 N–H and O–H groups in total. The Morgan fingerprint density at radius 1 is 1.02 bits per heavy atom. The Bertz CT molecular complexity index is 1600. The summed E-state index contributed by atoms with van der Waals surface area (Å²) >= 11 is 6.10. The van der Waals surface area contributed by atoms with Crippen molar-refractivity contribution >= 4 is 44.7 Å². The van der Waals surface area contributed by atoms with Crippen LogP contribution in [0.1, 0.15) is 52.5 Å². The Kier molecular flexibility index (Phi) is 10.3. The fourth-order valence-corrected chi connectivity index (χ4v) is 6.03. The number of pyridine rings is 1. The first-order valence-electron chi connectivity index (χ1n) is 13.5. The first-order chi connectivity index (χ1) is 19.6. The lowest BCUT2D eigenvalue weighted by Gasteiger charge is -2.11. The van der Waals surface area contributed by atoms with E-state index in [1.54, 1.807) is 36.4 Å². The van der Waals surface area contributed by atoms with Crippen molar-refractivity contribution in [2.24, 2.45) is 0 Å². The van der Waals surface area contributed by atoms with Gasteiger partial charge in [0.15, 0.2) is 5.65 Å². The van der Waals surface area contributed by atoms with E-state index in [2.05, 4.69) is 29.5 Å². The molecule has 3 heterocycles. The molecule has 2 aromatic heterocycles. The van der Waals surface area contributed by atoms with Crippen LogP contribution in [0, 0.1) is 0 Å². The molecule has 0 radical (unpaired) electrons. The molecule has 0 saturated carbocycles. The average Bonchev–Trinajstić information content (AvgIpc) is 3.32. The molecule has 1 aliphatic heterocycles. The van der Waals surface area contributed by atoms with Gasteiger partial charge < -0.3 is 15.7 Å². The molecular formula is C31H35ClN4O4S. The van der Waals surface area contributed by atoms with Crippen molar-refractivity contribution in [3.63, 3.8) is 0 Å². The lowest BCUT2D eigenvalue weighted by molar-refractivity contribution is 0.0697. The number of piperazine rings is 1. The van der Waals surface area contributed by atoms with Gasteiger partial charge in [-0.1, -0.05) is 74.0 Å². The van der Waals surface area contributed by atoms with Crippen molar-refractivity contribution in [2.75, 3.05) is 31.9 Å². The summed E-state index contributed by atoms with van der Waals surface area (Å²) in [5.74, 6) is -0.800. The topological polar surface area (TPSA) is 113 Å². The standard InChI is InChI=1S/C27H25ClN2O4S.C4H10N2/c1-18(2)21-9-5-19(6-10-21)4-3-13-35(33,34)30-25(16-23-15-24(28)17-29-26(23)30)14-20-7-11-22(12-8-20)27(31)32;1-2-6-4-3-5-1/h3-12,15-18H,13-14H2,1-2H3,(H,31,32);5-6H,1-4H2. The molecule has 8 nitrogen and oxygen atoms in total. The zero-order valence-corrected chi connectivity index (χ0v) is 24.8. The van der Waals surface area contributed by atoms with E-state index in [4.69, 9.17) is 16.7 Å². The summed E-state index contributed by atoms with van der Waals surface area (Å²) in [7, 11) is -3.79. The highest BCUT2D eigenvalue weighted by Crippen LogP contribution is 2.26. The lowest BCUT2D eigenvalue weighted by atomic mass is 10.0. The van der Waals surface area contributed by atoms with Crippen LogP contribution >= 0.6 is 11.6 Å². The molecule has 0 bridgehead atoms. The summed E-state index contributed by atoms with van der Waals surface area (Å²) in [5, 5.41) is 16.6. The third-order valence-electron chi connectivity index (χ3n) is 6.68. The average molecular weight is 595 g/mol. The van der Waals surface area contributed by atoms with E-state index in [9.17, 15) is 13.2 Å². The Balaban J connectivity index is 0.000000572. The number of nitrogens with one attached hydrogen (secondary N) is 2. The Labute approximate surface area is 246 Å². The van der Waals surface area contributed by atoms with Crippen LogP contribution in [0.25, 0.3) is 17.1 Å². The second kappa shape index (κ2) is 13.9. The number of hydrogen-bond acceptors (Lipinski definition) is 6. The first kappa shape index (κ1) is 30.5. The van der Waals surface area contributed by atoms with E-state index >= 15 is 0 Å². The Morgan fingerprint density at radius 3 is 2.22 bits per heavy atom. The molecule has 0 aliphatic carbocycles. The van der Waals surface area contributed by atoms with E-state index in [-0.39, 0.29) is 17.7 Å². The zero-order chi connectivity index (χ0) is 29.4. The minimum Gasteiger partial charge on any atom is -0.478 e. The van der Waals surface area contributed by atoms with Gasteiger partial charge in [0.05, 0.1) is 16.3 Å². The van der Waals surface area contributed by atoms with Crippen LogP contribution in [0.15, 0.2) is 72.9 Å². The third-order valence-corrected chi connectivity index (χ3v) is 8.46. The summed E-state index contributed by atoms with van der Waals surface area (Å²) < 4.78 is 28.1. The van der Waals surface area contributed by atoms with Crippen LogP contribution < -0.4 is 10.6 Å². The molecule has 2 aromatic carbocycles. The molecular weight excluding hydrogens is 560 g/mol. The van der Waals surface area contributed by atoms with Gasteiger partial charge in [0, 0.05) is 49.9 Å². The summed E-state index contributed by atoms with van der Waals surface area (Å²) in [6, 6.07) is 17.8. The van der Waals surface area contributed by atoms with Gasteiger partial charge in [-0.15, -0.1) is 0 Å². The van der Waals surface area contributed by atoms with E-state index in [1.807, 2.05) is 24.3 Å². The maximum absolute atomic E-state index is 13.4. The predicted molar refractivity (Wildman–Crippen MR) is 165 cm³/mol. The number of hydrogen-bond donors (Lipinski definition) is 3. The summed E-state index contributed by atoms with van der Waals surface area (Å²) in [4.78, 5) is 15.4. The van der Waals surface area contributed by atoms with E-state index < -0.39 is 16.0 Å². The van der Waals surface area contributed by atoms with Crippen molar-refractivity contribution in [1.29, 1.82) is 0 Å². The monoisotopic (exact) mass is 594 g/mol. The number of carbonyl (C=O) groups is 1. The van der Waals surface area contributed by atoms with Crippen LogP contribution in [0.4, 0.5) is 0 Å². The lowest BCUT2D eigenvalue weighted by Crippen LogP contribution is -2.39. The van der Waals surface area contributed by atoms with Crippen molar-refractivity contribution in [2.45, 2.75) is 26.2 Å². The van der Waals surface area contributed by atoms with E-state index in [1.165, 1.54) is 27.9 Å². The van der Waals surface area contributed by atoms with Gasteiger partial charge in [-0.2, -0.15) is 0 Å². The quantitative estimate of drug-likeness (QED) is 0.258. The molecule has 0 amide bonds. The molecule has 0 unspecified atom stereocenters. The number of aromatic carboxylic acids is 1. The fourth-order valence-electron chi connectivity index (χ4n) is 4.48. The largest absolute Gasteiger partial charge is 0.478 e. The molecule has 0 atom stereocenters. The number of halogens is 1. The second-order valence-electron chi connectivity index (χ2n) is 10.1. The van der Waals surface area contributed by atoms with Gasteiger partial charge in [-0.3, -0.25) is 0 Å². The van der Waals surface area contributed by atoms with Crippen LogP contribution in [-0.2, 0) is 16.4 Å². The normalized spacial score (nSPS) is 13.9. The zero-order valence-electron chi connectivity index (χ0n) is 23.2. The van der Waals surface area contributed by atoms with Crippen molar-refractivity contribution in [3.8, 4) is 0 Å². The van der Waals surface area contributed by atoms with Gasteiger partial charge in [0.2, 0.25) is 10.0 Å². The molecule has 4 aromatic rings. The molecule has 1 aliphatic rings. The van der Waals surface area contributed by atoms with Crippen LogP contribution in [0.3, 0.4) is 0 Å². The smallest absolute Gasteiger partial charge is 0.335 e. The molecule has 10 heteroatoms. The maximum Gasteiger partial charge on any atom is 0.335 e. The van der Waals surface area contributed by atoms with E-state index in [0.29, 0.717) is 27.7 Å².